The molecule has 18 heavy (non-hydrogen) atoms. The van der Waals surface area contributed by atoms with Crippen molar-refractivity contribution in [3.63, 3.8) is 0 Å². The second-order valence-corrected chi connectivity index (χ2v) is 5.01. The van der Waals surface area contributed by atoms with Gasteiger partial charge in [0, 0.05) is 44.1 Å². The highest BCUT2D eigenvalue weighted by Gasteiger charge is 2.29. The first-order valence-corrected chi connectivity index (χ1v) is 6.41. The van der Waals surface area contributed by atoms with E-state index in [1.807, 2.05) is 4.90 Å². The molecule has 1 saturated heterocycles. The number of carbonyl (C=O) groups excluding carboxylic acids is 1. The molecule has 1 amide bonds. The zero-order valence-electron chi connectivity index (χ0n) is 11.2. The number of hydrogen-bond acceptors (Lipinski definition) is 4. The van der Waals surface area contributed by atoms with E-state index in [9.17, 15) is 4.79 Å². The van der Waals surface area contributed by atoms with Crippen molar-refractivity contribution in [2.45, 2.75) is 32.9 Å². The minimum atomic E-state index is -0.0634. The third-order valence-electron chi connectivity index (χ3n) is 3.41. The highest BCUT2D eigenvalue weighted by atomic mass is 16.2. The summed E-state index contributed by atoms with van der Waals surface area (Å²) in [7, 11) is 0. The van der Waals surface area contributed by atoms with Crippen molar-refractivity contribution in [3.8, 4) is 0 Å². The lowest BCUT2D eigenvalue weighted by molar-refractivity contribution is 0.0415. The lowest BCUT2D eigenvalue weighted by atomic mass is 10.1. The number of hydrogen-bond donors (Lipinski definition) is 0. The molecule has 5 heteroatoms. The number of rotatable bonds is 2. The van der Waals surface area contributed by atoms with Crippen LogP contribution in [0.4, 0.5) is 0 Å². The third kappa shape index (κ3) is 2.67. The van der Waals surface area contributed by atoms with Gasteiger partial charge in [0.1, 0.15) is 0 Å². The number of carbonyl (C=O) groups is 1. The molecule has 0 N–H and O–H groups in total. The highest BCUT2D eigenvalue weighted by Crippen LogP contribution is 2.14. The molecule has 0 bridgehead atoms. The topological polar surface area (TPSA) is 49.3 Å². The molecule has 1 unspecified atom stereocenters. The highest BCUT2D eigenvalue weighted by molar-refractivity contribution is 5.90. The quantitative estimate of drug-likeness (QED) is 0.784. The molecule has 98 valence electrons. The first kappa shape index (κ1) is 13.0. The molecule has 1 aromatic heterocycles. The standard InChI is InChI=1S/C13H20N4O/c1-10(2)16-7-8-17(11(3)9-16)13(18)12-14-5-4-6-15-12/h4-6,10-11H,7-9H2,1-3H3. The van der Waals surface area contributed by atoms with E-state index < -0.39 is 0 Å². The van der Waals surface area contributed by atoms with Crippen LogP contribution in [0.2, 0.25) is 0 Å². The maximum absolute atomic E-state index is 12.3. The summed E-state index contributed by atoms with van der Waals surface area (Å²) < 4.78 is 0. The lowest BCUT2D eigenvalue weighted by Gasteiger charge is -2.41. The Hall–Kier alpha value is -1.49. The molecule has 0 aromatic carbocycles. The van der Waals surface area contributed by atoms with Gasteiger partial charge in [-0.15, -0.1) is 0 Å². The summed E-state index contributed by atoms with van der Waals surface area (Å²) in [6, 6.07) is 2.45. The predicted octanol–water partition coefficient (Wildman–Crippen LogP) is 1.03. The van der Waals surface area contributed by atoms with Gasteiger partial charge in [-0.05, 0) is 26.8 Å². The molecule has 1 atom stereocenters. The number of piperazine rings is 1. The second-order valence-electron chi connectivity index (χ2n) is 5.01. The summed E-state index contributed by atoms with van der Waals surface area (Å²) in [4.78, 5) is 24.6. The normalized spacial score (nSPS) is 21.3. The maximum atomic E-state index is 12.3. The first-order chi connectivity index (χ1) is 8.59. The average molecular weight is 248 g/mol. The molecule has 0 saturated carbocycles. The Morgan fingerprint density at radius 2 is 2.00 bits per heavy atom. The number of nitrogens with zero attached hydrogens (tertiary/aromatic N) is 4. The Morgan fingerprint density at radius 3 is 2.56 bits per heavy atom. The average Bonchev–Trinajstić information content (AvgIpc) is 2.38. The monoisotopic (exact) mass is 248 g/mol. The minimum absolute atomic E-state index is 0.0634. The van der Waals surface area contributed by atoms with Gasteiger partial charge in [-0.2, -0.15) is 0 Å². The van der Waals surface area contributed by atoms with Gasteiger partial charge in [0.15, 0.2) is 0 Å². The van der Waals surface area contributed by atoms with E-state index >= 15 is 0 Å². The third-order valence-corrected chi connectivity index (χ3v) is 3.41. The van der Waals surface area contributed by atoms with E-state index in [2.05, 4.69) is 35.6 Å². The Balaban J connectivity index is 2.05. The van der Waals surface area contributed by atoms with Gasteiger partial charge in [-0.1, -0.05) is 0 Å². The molecule has 0 aliphatic carbocycles. The maximum Gasteiger partial charge on any atom is 0.291 e. The summed E-state index contributed by atoms with van der Waals surface area (Å²) in [5.41, 5.74) is 0. The predicted molar refractivity (Wildman–Crippen MR) is 69.2 cm³/mol. The van der Waals surface area contributed by atoms with Gasteiger partial charge in [-0.25, -0.2) is 9.97 Å². The molecular formula is C13H20N4O. The van der Waals surface area contributed by atoms with Crippen LogP contribution in [-0.4, -0.2) is 57.4 Å². The van der Waals surface area contributed by atoms with Crippen LogP contribution in [0.1, 0.15) is 31.4 Å². The molecule has 1 aliphatic heterocycles. The molecule has 0 spiro atoms. The Kier molecular flexibility index (Phi) is 3.91. The van der Waals surface area contributed by atoms with Crippen molar-refractivity contribution in [3.05, 3.63) is 24.3 Å². The van der Waals surface area contributed by atoms with Crippen molar-refractivity contribution in [1.29, 1.82) is 0 Å². The fourth-order valence-electron chi connectivity index (χ4n) is 2.29. The van der Waals surface area contributed by atoms with Crippen LogP contribution in [0.25, 0.3) is 0 Å². The summed E-state index contributed by atoms with van der Waals surface area (Å²) in [5, 5.41) is 0. The van der Waals surface area contributed by atoms with Gasteiger partial charge >= 0.3 is 0 Å². The van der Waals surface area contributed by atoms with Crippen LogP contribution >= 0.6 is 0 Å². The van der Waals surface area contributed by atoms with E-state index in [4.69, 9.17) is 0 Å². The zero-order valence-corrected chi connectivity index (χ0v) is 11.2. The molecular weight excluding hydrogens is 228 g/mol. The Labute approximate surface area is 108 Å². The molecule has 5 nitrogen and oxygen atoms in total. The van der Waals surface area contributed by atoms with Gasteiger partial charge in [-0.3, -0.25) is 9.69 Å². The van der Waals surface area contributed by atoms with Crippen LogP contribution in [0, 0.1) is 0 Å². The van der Waals surface area contributed by atoms with Crippen LogP contribution in [0.3, 0.4) is 0 Å². The largest absolute Gasteiger partial charge is 0.331 e. The molecule has 0 radical (unpaired) electrons. The summed E-state index contributed by atoms with van der Waals surface area (Å²) in [5.74, 6) is 0.230. The second kappa shape index (κ2) is 5.44. The summed E-state index contributed by atoms with van der Waals surface area (Å²) in [6.07, 6.45) is 3.21. The SMILES string of the molecule is CC(C)N1CCN(C(=O)c2ncccn2)C(C)C1. The van der Waals surface area contributed by atoms with E-state index in [0.717, 1.165) is 19.6 Å². The molecule has 1 fully saturated rings. The summed E-state index contributed by atoms with van der Waals surface area (Å²) >= 11 is 0. The van der Waals surface area contributed by atoms with Crippen LogP contribution in [0.15, 0.2) is 18.5 Å². The van der Waals surface area contributed by atoms with E-state index in [-0.39, 0.29) is 11.9 Å². The van der Waals surface area contributed by atoms with Gasteiger partial charge in [0.25, 0.3) is 5.91 Å². The van der Waals surface area contributed by atoms with Crippen LogP contribution in [-0.2, 0) is 0 Å². The van der Waals surface area contributed by atoms with Crippen molar-refractivity contribution in [2.24, 2.45) is 0 Å². The first-order valence-electron chi connectivity index (χ1n) is 6.41. The molecule has 2 heterocycles. The van der Waals surface area contributed by atoms with Crippen molar-refractivity contribution in [2.75, 3.05) is 19.6 Å². The number of aromatic nitrogens is 2. The van der Waals surface area contributed by atoms with Crippen LogP contribution in [0.5, 0.6) is 0 Å². The van der Waals surface area contributed by atoms with Crippen molar-refractivity contribution in [1.82, 2.24) is 19.8 Å². The van der Waals surface area contributed by atoms with Gasteiger partial charge in [0.05, 0.1) is 0 Å². The Morgan fingerprint density at radius 1 is 1.33 bits per heavy atom. The van der Waals surface area contributed by atoms with Crippen molar-refractivity contribution < 1.29 is 4.79 Å². The summed E-state index contributed by atoms with van der Waals surface area (Å²) in [6.45, 7) is 9.03. The fourth-order valence-corrected chi connectivity index (χ4v) is 2.29. The molecule has 2 rings (SSSR count). The molecule has 1 aliphatic rings. The van der Waals surface area contributed by atoms with Gasteiger partial charge < -0.3 is 4.90 Å². The lowest BCUT2D eigenvalue weighted by Crippen LogP contribution is -2.55. The van der Waals surface area contributed by atoms with Gasteiger partial charge in [0.2, 0.25) is 5.82 Å². The zero-order chi connectivity index (χ0) is 13.1. The molecule has 1 aromatic rings. The van der Waals surface area contributed by atoms with E-state index in [1.54, 1.807) is 18.5 Å². The van der Waals surface area contributed by atoms with Crippen LogP contribution < -0.4 is 0 Å². The van der Waals surface area contributed by atoms with E-state index in [0.29, 0.717) is 11.9 Å². The van der Waals surface area contributed by atoms with Crippen molar-refractivity contribution >= 4 is 5.91 Å². The minimum Gasteiger partial charge on any atom is -0.331 e. The fraction of sp³-hybridized carbons (Fsp3) is 0.615. The smallest absolute Gasteiger partial charge is 0.291 e. The number of amides is 1. The van der Waals surface area contributed by atoms with E-state index in [1.165, 1.54) is 0 Å². The Bertz CT molecular complexity index is 407.